The number of hydrogen-bond acceptors (Lipinski definition) is 7. The predicted molar refractivity (Wildman–Crippen MR) is 136 cm³/mol. The van der Waals surface area contributed by atoms with Crippen LogP contribution in [0.2, 0.25) is 0 Å². The first-order valence-electron chi connectivity index (χ1n) is 12.1. The van der Waals surface area contributed by atoms with Crippen LogP contribution in [0.15, 0.2) is 53.1 Å². The van der Waals surface area contributed by atoms with Gasteiger partial charge < -0.3 is 24.8 Å². The van der Waals surface area contributed by atoms with E-state index in [1.165, 1.54) is 0 Å². The molecule has 0 unspecified atom stereocenters. The number of aryl methyl sites for hydroxylation is 1. The number of carbonyl (C=O) groups excluding carboxylic acids is 2. The van der Waals surface area contributed by atoms with Crippen LogP contribution in [0.4, 0.5) is 10.5 Å². The van der Waals surface area contributed by atoms with Crippen LogP contribution in [0.1, 0.15) is 21.7 Å². The van der Waals surface area contributed by atoms with Crippen molar-refractivity contribution in [1.82, 2.24) is 25.3 Å². The van der Waals surface area contributed by atoms with E-state index in [1.54, 1.807) is 36.2 Å². The summed E-state index contributed by atoms with van der Waals surface area (Å²) in [4.78, 5) is 33.1. The Kier molecular flexibility index (Phi) is 8.64. The first-order chi connectivity index (χ1) is 17.5. The van der Waals surface area contributed by atoms with E-state index in [4.69, 9.17) is 9.26 Å². The van der Waals surface area contributed by atoms with Crippen LogP contribution in [-0.2, 0) is 11.2 Å². The third-order valence-corrected chi connectivity index (χ3v) is 6.00. The van der Waals surface area contributed by atoms with Gasteiger partial charge in [-0.05, 0) is 43.3 Å². The summed E-state index contributed by atoms with van der Waals surface area (Å²) in [6.07, 6.45) is 0.449. The van der Waals surface area contributed by atoms with Gasteiger partial charge in [0.25, 0.3) is 11.8 Å². The van der Waals surface area contributed by atoms with Crippen molar-refractivity contribution in [1.29, 1.82) is 0 Å². The number of hydrogen-bond donors (Lipinski definition) is 2. The van der Waals surface area contributed by atoms with Crippen LogP contribution >= 0.6 is 0 Å². The highest BCUT2D eigenvalue weighted by Crippen LogP contribution is 2.18. The number of urea groups is 1. The maximum atomic E-state index is 12.4. The Bertz CT molecular complexity index is 1140. The molecule has 2 aromatic carbocycles. The number of aromatic nitrogens is 2. The van der Waals surface area contributed by atoms with E-state index < -0.39 is 0 Å². The molecule has 0 bridgehead atoms. The molecule has 1 aliphatic heterocycles. The lowest BCUT2D eigenvalue weighted by Crippen LogP contribution is -2.41. The van der Waals surface area contributed by atoms with Crippen LogP contribution in [-0.4, -0.2) is 84.9 Å². The zero-order valence-electron chi connectivity index (χ0n) is 20.7. The molecule has 1 fully saturated rings. The highest BCUT2D eigenvalue weighted by atomic mass is 16.5. The Hall–Kier alpha value is -3.76. The molecule has 0 radical (unpaired) electrons. The standard InChI is InChI=1S/C26H32N6O4/c1-19-3-9-22(10-4-19)28-26(34)31(2)13-11-23-29-25(36-30-23)21-7-5-20(6-8-21)24(33)27-12-14-32-15-17-35-18-16-32/h3-10H,11-18H2,1-2H3,(H,27,33)(H,28,34). The Morgan fingerprint density at radius 2 is 1.78 bits per heavy atom. The Balaban J connectivity index is 1.23. The van der Waals surface area contributed by atoms with E-state index in [9.17, 15) is 9.59 Å². The normalized spacial score (nSPS) is 13.8. The van der Waals surface area contributed by atoms with Gasteiger partial charge in [0.05, 0.1) is 13.2 Å². The molecule has 1 saturated heterocycles. The van der Waals surface area contributed by atoms with Gasteiger partial charge in [-0.15, -0.1) is 0 Å². The Morgan fingerprint density at radius 3 is 2.50 bits per heavy atom. The van der Waals surface area contributed by atoms with Gasteiger partial charge in [0.2, 0.25) is 0 Å². The average Bonchev–Trinajstić information content (AvgIpc) is 3.38. The molecule has 0 saturated carbocycles. The van der Waals surface area contributed by atoms with Gasteiger partial charge in [0, 0.05) is 63.0 Å². The smallest absolute Gasteiger partial charge is 0.321 e. The average molecular weight is 493 g/mol. The molecule has 3 aromatic rings. The molecule has 0 atom stereocenters. The minimum atomic E-state index is -0.207. The summed E-state index contributed by atoms with van der Waals surface area (Å²) in [5.74, 6) is 0.758. The lowest BCUT2D eigenvalue weighted by molar-refractivity contribution is 0.0383. The molecular weight excluding hydrogens is 460 g/mol. The summed E-state index contributed by atoms with van der Waals surface area (Å²) in [6.45, 7) is 7.10. The second-order valence-electron chi connectivity index (χ2n) is 8.77. The maximum Gasteiger partial charge on any atom is 0.321 e. The highest BCUT2D eigenvalue weighted by molar-refractivity contribution is 5.94. The van der Waals surface area contributed by atoms with Gasteiger partial charge >= 0.3 is 6.03 Å². The van der Waals surface area contributed by atoms with E-state index in [1.807, 2.05) is 31.2 Å². The number of amides is 3. The highest BCUT2D eigenvalue weighted by Gasteiger charge is 2.14. The van der Waals surface area contributed by atoms with Crippen LogP contribution in [0.25, 0.3) is 11.5 Å². The van der Waals surface area contributed by atoms with Gasteiger partial charge in [-0.2, -0.15) is 4.98 Å². The second kappa shape index (κ2) is 12.3. The zero-order valence-corrected chi connectivity index (χ0v) is 20.7. The van der Waals surface area contributed by atoms with E-state index in [2.05, 4.69) is 25.7 Å². The molecule has 2 heterocycles. The topological polar surface area (TPSA) is 113 Å². The second-order valence-corrected chi connectivity index (χ2v) is 8.77. The fourth-order valence-electron chi connectivity index (χ4n) is 3.72. The number of ether oxygens (including phenoxy) is 1. The lowest BCUT2D eigenvalue weighted by atomic mass is 10.1. The van der Waals surface area contributed by atoms with Crippen molar-refractivity contribution < 1.29 is 18.8 Å². The fourth-order valence-corrected chi connectivity index (χ4v) is 3.72. The molecule has 1 aliphatic rings. The maximum absolute atomic E-state index is 12.4. The SMILES string of the molecule is Cc1ccc(NC(=O)N(C)CCc2noc(-c3ccc(C(=O)NCCN4CCOCC4)cc3)n2)cc1. The number of nitrogens with one attached hydrogen (secondary N) is 2. The summed E-state index contributed by atoms with van der Waals surface area (Å²) >= 11 is 0. The number of carbonyl (C=O) groups is 2. The van der Waals surface area contributed by atoms with Gasteiger partial charge in [-0.3, -0.25) is 9.69 Å². The molecular formula is C26H32N6O4. The van der Waals surface area contributed by atoms with E-state index in [-0.39, 0.29) is 11.9 Å². The first kappa shape index (κ1) is 25.3. The van der Waals surface area contributed by atoms with Gasteiger partial charge in [0.1, 0.15) is 0 Å². The van der Waals surface area contributed by atoms with Crippen molar-refractivity contribution in [3.8, 4) is 11.5 Å². The molecule has 0 aliphatic carbocycles. The van der Waals surface area contributed by atoms with E-state index >= 15 is 0 Å². The molecule has 3 amide bonds. The molecule has 10 heteroatoms. The van der Waals surface area contributed by atoms with Gasteiger partial charge in [-0.1, -0.05) is 22.9 Å². The number of nitrogens with zero attached hydrogens (tertiary/aromatic N) is 4. The van der Waals surface area contributed by atoms with Crippen LogP contribution < -0.4 is 10.6 Å². The monoisotopic (exact) mass is 492 g/mol. The van der Waals surface area contributed by atoms with Gasteiger partial charge in [0.15, 0.2) is 5.82 Å². The van der Waals surface area contributed by atoms with E-state index in [0.717, 1.165) is 49.7 Å². The number of benzene rings is 2. The van der Waals surface area contributed by atoms with Crippen LogP contribution in [0.3, 0.4) is 0 Å². The minimum Gasteiger partial charge on any atom is -0.379 e. The van der Waals surface area contributed by atoms with E-state index in [0.29, 0.717) is 36.8 Å². The van der Waals surface area contributed by atoms with Crippen molar-refractivity contribution >= 4 is 17.6 Å². The molecule has 0 spiro atoms. The molecule has 4 rings (SSSR count). The fraction of sp³-hybridized carbons (Fsp3) is 0.385. The number of likely N-dealkylation sites (N-methyl/N-ethyl adjacent to an activating group) is 1. The van der Waals surface area contributed by atoms with Crippen molar-refractivity contribution in [2.24, 2.45) is 0 Å². The predicted octanol–water partition coefficient (Wildman–Crippen LogP) is 2.81. The largest absolute Gasteiger partial charge is 0.379 e. The van der Waals surface area contributed by atoms with Crippen molar-refractivity contribution in [2.75, 3.05) is 58.3 Å². The van der Waals surface area contributed by atoms with Crippen LogP contribution in [0, 0.1) is 6.92 Å². The van der Waals surface area contributed by atoms with Crippen molar-refractivity contribution in [3.05, 3.63) is 65.5 Å². The molecule has 36 heavy (non-hydrogen) atoms. The quantitative estimate of drug-likeness (QED) is 0.472. The minimum absolute atomic E-state index is 0.118. The Labute approximate surface area is 210 Å². The number of anilines is 1. The Morgan fingerprint density at radius 1 is 1.06 bits per heavy atom. The number of morpholine rings is 1. The summed E-state index contributed by atoms with van der Waals surface area (Å²) < 4.78 is 10.7. The summed E-state index contributed by atoms with van der Waals surface area (Å²) in [5, 5.41) is 9.84. The third-order valence-electron chi connectivity index (χ3n) is 6.00. The summed E-state index contributed by atoms with van der Waals surface area (Å²) in [7, 11) is 1.72. The van der Waals surface area contributed by atoms with Crippen molar-refractivity contribution in [3.63, 3.8) is 0 Å². The third kappa shape index (κ3) is 7.12. The number of rotatable bonds is 9. The summed E-state index contributed by atoms with van der Waals surface area (Å²) in [5.41, 5.74) is 3.17. The molecule has 10 nitrogen and oxygen atoms in total. The zero-order chi connectivity index (χ0) is 25.3. The molecule has 2 N–H and O–H groups in total. The first-order valence-corrected chi connectivity index (χ1v) is 12.1. The lowest BCUT2D eigenvalue weighted by Gasteiger charge is -2.26. The molecule has 190 valence electrons. The van der Waals surface area contributed by atoms with Gasteiger partial charge in [-0.25, -0.2) is 4.79 Å². The summed E-state index contributed by atoms with van der Waals surface area (Å²) in [6, 6.07) is 14.5. The van der Waals surface area contributed by atoms with Crippen molar-refractivity contribution in [2.45, 2.75) is 13.3 Å². The molecule has 1 aromatic heterocycles. The van der Waals surface area contributed by atoms with Crippen LogP contribution in [0.5, 0.6) is 0 Å².